The highest BCUT2D eigenvalue weighted by Crippen LogP contribution is 2.11. The molecule has 0 aromatic carbocycles. The number of hydrogen-bond acceptors (Lipinski definition) is 2. The van der Waals surface area contributed by atoms with Crippen molar-refractivity contribution in [1.29, 1.82) is 0 Å². The minimum Gasteiger partial charge on any atom is -0.381 e. The number of methoxy groups -OCH3 is 1. The van der Waals surface area contributed by atoms with Crippen molar-refractivity contribution in [2.45, 2.75) is 20.0 Å². The minimum atomic E-state index is 0.363. The smallest absolute Gasteiger partial charge is 0.0633 e. The molecule has 2 atom stereocenters. The van der Waals surface area contributed by atoms with Crippen molar-refractivity contribution in [2.24, 2.45) is 5.92 Å². The summed E-state index contributed by atoms with van der Waals surface area (Å²) in [7, 11) is 1.75. The molecule has 0 fully saturated rings. The molecule has 0 aliphatic heterocycles. The van der Waals surface area contributed by atoms with Crippen LogP contribution in [0.3, 0.4) is 0 Å². The van der Waals surface area contributed by atoms with E-state index in [1.165, 1.54) is 0 Å². The van der Waals surface area contributed by atoms with E-state index in [0.29, 0.717) is 12.0 Å². The molecule has 0 heterocycles. The van der Waals surface area contributed by atoms with Crippen LogP contribution in [0.4, 0.5) is 0 Å². The van der Waals surface area contributed by atoms with Gasteiger partial charge in [0, 0.05) is 18.7 Å². The number of thioether (sulfide) groups is 1. The normalized spacial score (nSPS) is 16.4. The first-order valence-corrected chi connectivity index (χ1v) is 5.56. The maximum absolute atomic E-state index is 5.66. The lowest BCUT2D eigenvalue weighted by molar-refractivity contribution is 0.138. The average Bonchev–Trinajstić information content (AvgIpc) is 2.04. The fourth-order valence-corrected chi connectivity index (χ4v) is 1.91. The summed E-state index contributed by atoms with van der Waals surface area (Å²) in [4.78, 5) is 0. The molecule has 0 aliphatic rings. The molecule has 0 N–H and O–H groups in total. The first-order valence-electron chi connectivity index (χ1n) is 3.87. The van der Waals surface area contributed by atoms with Gasteiger partial charge < -0.3 is 4.74 Å². The lowest BCUT2D eigenvalue weighted by atomic mass is 10.3. The predicted molar refractivity (Wildman–Crippen MR) is 53.7 cm³/mol. The van der Waals surface area contributed by atoms with Crippen molar-refractivity contribution in [3.05, 3.63) is 0 Å². The van der Waals surface area contributed by atoms with Crippen molar-refractivity contribution in [1.82, 2.24) is 0 Å². The van der Waals surface area contributed by atoms with E-state index >= 15 is 0 Å². The van der Waals surface area contributed by atoms with Gasteiger partial charge in [-0.05, 0) is 18.6 Å². The van der Waals surface area contributed by atoms with E-state index in [1.54, 1.807) is 7.11 Å². The van der Waals surface area contributed by atoms with Crippen molar-refractivity contribution in [3.8, 4) is 0 Å². The molecule has 2 unspecified atom stereocenters. The summed E-state index contributed by atoms with van der Waals surface area (Å²) >= 11 is 7.57. The zero-order valence-electron chi connectivity index (χ0n) is 7.47. The van der Waals surface area contributed by atoms with Gasteiger partial charge in [0.25, 0.3) is 0 Å². The van der Waals surface area contributed by atoms with Gasteiger partial charge >= 0.3 is 0 Å². The number of ether oxygens (including phenoxy) is 1. The van der Waals surface area contributed by atoms with Crippen molar-refractivity contribution < 1.29 is 4.74 Å². The van der Waals surface area contributed by atoms with Crippen LogP contribution in [0, 0.1) is 5.92 Å². The van der Waals surface area contributed by atoms with E-state index in [4.69, 9.17) is 16.3 Å². The second-order valence-electron chi connectivity index (χ2n) is 2.84. The van der Waals surface area contributed by atoms with E-state index < -0.39 is 0 Å². The van der Waals surface area contributed by atoms with Crippen LogP contribution < -0.4 is 0 Å². The molecule has 0 rings (SSSR count). The van der Waals surface area contributed by atoms with Gasteiger partial charge in [-0.2, -0.15) is 11.8 Å². The number of hydrogen-bond donors (Lipinski definition) is 0. The van der Waals surface area contributed by atoms with Gasteiger partial charge in [0.2, 0.25) is 0 Å². The van der Waals surface area contributed by atoms with Gasteiger partial charge in [0.05, 0.1) is 6.10 Å². The third-order valence-electron chi connectivity index (χ3n) is 1.42. The molecule has 0 saturated carbocycles. The Morgan fingerprint density at radius 3 is 2.45 bits per heavy atom. The van der Waals surface area contributed by atoms with Crippen LogP contribution in [-0.4, -0.2) is 30.6 Å². The van der Waals surface area contributed by atoms with Gasteiger partial charge in [-0.3, -0.25) is 0 Å². The molecule has 0 saturated heterocycles. The Morgan fingerprint density at radius 2 is 2.00 bits per heavy atom. The first kappa shape index (κ1) is 11.6. The Hall–Kier alpha value is 0.600. The van der Waals surface area contributed by atoms with E-state index in [2.05, 4.69) is 13.8 Å². The number of rotatable bonds is 6. The summed E-state index contributed by atoms with van der Waals surface area (Å²) in [5.74, 6) is 3.58. The molecule has 68 valence electrons. The Bertz CT molecular complexity index is 80.2. The molecule has 1 nitrogen and oxygen atoms in total. The SMILES string of the molecule is COC(C)CSCC(C)CCl. The molecule has 0 aromatic rings. The molecule has 0 aliphatic carbocycles. The number of alkyl halides is 1. The molecule has 3 heteroatoms. The van der Waals surface area contributed by atoms with E-state index in [0.717, 1.165) is 17.4 Å². The van der Waals surface area contributed by atoms with Crippen LogP contribution in [0.25, 0.3) is 0 Å². The van der Waals surface area contributed by atoms with Gasteiger partial charge in [-0.25, -0.2) is 0 Å². The second-order valence-corrected chi connectivity index (χ2v) is 4.23. The first-order chi connectivity index (χ1) is 5.20. The predicted octanol–water partition coefficient (Wildman–Crippen LogP) is 2.63. The standard InChI is InChI=1S/C8H17ClOS/c1-7(4-9)5-11-6-8(2)10-3/h7-8H,4-6H2,1-3H3. The van der Waals surface area contributed by atoms with Gasteiger partial charge in [-0.15, -0.1) is 11.6 Å². The highest BCUT2D eigenvalue weighted by molar-refractivity contribution is 7.99. The van der Waals surface area contributed by atoms with Crippen LogP contribution >= 0.6 is 23.4 Å². The van der Waals surface area contributed by atoms with Gasteiger partial charge in [-0.1, -0.05) is 6.92 Å². The van der Waals surface area contributed by atoms with Crippen LogP contribution in [0.1, 0.15) is 13.8 Å². The summed E-state index contributed by atoms with van der Waals surface area (Å²) < 4.78 is 5.11. The monoisotopic (exact) mass is 196 g/mol. The maximum atomic E-state index is 5.66. The maximum Gasteiger partial charge on any atom is 0.0633 e. The highest BCUT2D eigenvalue weighted by Gasteiger charge is 2.02. The molecular weight excluding hydrogens is 180 g/mol. The minimum absolute atomic E-state index is 0.363. The summed E-state index contributed by atoms with van der Waals surface area (Å²) in [6, 6.07) is 0. The lowest BCUT2D eigenvalue weighted by Gasteiger charge is -2.10. The molecule has 0 radical (unpaired) electrons. The Labute approximate surface area is 78.8 Å². The molecule has 0 aromatic heterocycles. The van der Waals surface area contributed by atoms with E-state index in [-0.39, 0.29) is 0 Å². The number of halogens is 1. The average molecular weight is 197 g/mol. The van der Waals surface area contributed by atoms with Gasteiger partial charge in [0.1, 0.15) is 0 Å². The van der Waals surface area contributed by atoms with Crippen molar-refractivity contribution in [3.63, 3.8) is 0 Å². The molecule has 11 heavy (non-hydrogen) atoms. The third kappa shape index (κ3) is 6.98. The van der Waals surface area contributed by atoms with Crippen LogP contribution in [0.15, 0.2) is 0 Å². The quantitative estimate of drug-likeness (QED) is 0.605. The summed E-state index contributed by atoms with van der Waals surface area (Å²) in [5.41, 5.74) is 0. The lowest BCUT2D eigenvalue weighted by Crippen LogP contribution is -2.10. The largest absolute Gasteiger partial charge is 0.381 e. The molecule has 0 amide bonds. The summed E-state index contributed by atoms with van der Waals surface area (Å²) in [5, 5.41) is 0. The summed E-state index contributed by atoms with van der Waals surface area (Å²) in [6.45, 7) is 4.25. The van der Waals surface area contributed by atoms with Gasteiger partial charge in [0.15, 0.2) is 0 Å². The molecule has 0 bridgehead atoms. The van der Waals surface area contributed by atoms with E-state index in [1.807, 2.05) is 11.8 Å². The Balaban J connectivity index is 3.13. The molecule has 0 spiro atoms. The fraction of sp³-hybridized carbons (Fsp3) is 1.00. The van der Waals surface area contributed by atoms with Crippen LogP contribution in [0.2, 0.25) is 0 Å². The van der Waals surface area contributed by atoms with E-state index in [9.17, 15) is 0 Å². The van der Waals surface area contributed by atoms with Crippen LogP contribution in [0.5, 0.6) is 0 Å². The second kappa shape index (κ2) is 7.26. The Morgan fingerprint density at radius 1 is 1.36 bits per heavy atom. The zero-order valence-corrected chi connectivity index (χ0v) is 9.04. The third-order valence-corrected chi connectivity index (χ3v) is 3.46. The summed E-state index contributed by atoms with van der Waals surface area (Å²) in [6.07, 6.45) is 0.363. The highest BCUT2D eigenvalue weighted by atomic mass is 35.5. The van der Waals surface area contributed by atoms with Crippen molar-refractivity contribution in [2.75, 3.05) is 24.5 Å². The Kier molecular flexibility index (Phi) is 7.66. The van der Waals surface area contributed by atoms with Crippen molar-refractivity contribution >= 4 is 23.4 Å². The zero-order chi connectivity index (χ0) is 8.69. The van der Waals surface area contributed by atoms with Crippen LogP contribution in [-0.2, 0) is 4.74 Å². The molecular formula is C8H17ClOS. The topological polar surface area (TPSA) is 9.23 Å². The fourth-order valence-electron chi connectivity index (χ4n) is 0.548.